The van der Waals surface area contributed by atoms with Crippen LogP contribution in [0.4, 0.5) is 5.82 Å². The van der Waals surface area contributed by atoms with E-state index >= 15 is 0 Å². The maximum atomic E-state index is 5.92. The Bertz CT molecular complexity index is 386. The van der Waals surface area contributed by atoms with Gasteiger partial charge in [-0.2, -0.15) is 0 Å². The fourth-order valence-electron chi connectivity index (χ4n) is 1.60. The summed E-state index contributed by atoms with van der Waals surface area (Å²) in [6, 6.07) is 0. The van der Waals surface area contributed by atoms with Crippen molar-refractivity contribution in [2.75, 3.05) is 5.73 Å². The van der Waals surface area contributed by atoms with Crippen LogP contribution >= 0.6 is 22.6 Å². The van der Waals surface area contributed by atoms with Crippen LogP contribution in [0.2, 0.25) is 0 Å². The lowest BCUT2D eigenvalue weighted by Gasteiger charge is -2.11. The summed E-state index contributed by atoms with van der Waals surface area (Å²) >= 11 is 2.24. The highest BCUT2D eigenvalue weighted by Gasteiger charge is 2.42. The highest BCUT2D eigenvalue weighted by molar-refractivity contribution is 14.1. The second-order valence-electron chi connectivity index (χ2n) is 4.50. The molecule has 0 atom stereocenters. The Morgan fingerprint density at radius 1 is 1.40 bits per heavy atom. The maximum Gasteiger partial charge on any atom is 0.140 e. The van der Waals surface area contributed by atoms with Crippen molar-refractivity contribution in [3.8, 4) is 0 Å². The molecule has 0 aromatic carbocycles. The average Bonchev–Trinajstić information content (AvgIpc) is 2.93. The standard InChI is InChI=1S/C11H16IN3/c1-3-4-7-8(12)9(13)15-10(14-7)11(2)5-6-11/h3-6H2,1-2H3,(H2,13,14,15). The summed E-state index contributed by atoms with van der Waals surface area (Å²) in [4.78, 5) is 9.07. The molecule has 0 spiro atoms. The molecule has 2 N–H and O–H groups in total. The van der Waals surface area contributed by atoms with Crippen molar-refractivity contribution in [1.29, 1.82) is 0 Å². The van der Waals surface area contributed by atoms with Crippen LogP contribution in [0, 0.1) is 3.57 Å². The lowest BCUT2D eigenvalue weighted by atomic mass is 10.1. The lowest BCUT2D eigenvalue weighted by molar-refractivity contribution is 0.693. The van der Waals surface area contributed by atoms with E-state index in [1.165, 1.54) is 12.8 Å². The van der Waals surface area contributed by atoms with Gasteiger partial charge in [0.05, 0.1) is 9.26 Å². The van der Waals surface area contributed by atoms with Gasteiger partial charge in [-0.15, -0.1) is 0 Å². The molecule has 1 aromatic rings. The number of anilines is 1. The quantitative estimate of drug-likeness (QED) is 0.872. The van der Waals surface area contributed by atoms with E-state index in [9.17, 15) is 0 Å². The van der Waals surface area contributed by atoms with Gasteiger partial charge < -0.3 is 5.73 Å². The topological polar surface area (TPSA) is 51.8 Å². The van der Waals surface area contributed by atoms with Gasteiger partial charge in [0.25, 0.3) is 0 Å². The van der Waals surface area contributed by atoms with Crippen LogP contribution in [0.15, 0.2) is 0 Å². The van der Waals surface area contributed by atoms with Crippen molar-refractivity contribution in [3.63, 3.8) is 0 Å². The highest BCUT2D eigenvalue weighted by Crippen LogP contribution is 2.46. The van der Waals surface area contributed by atoms with Crippen LogP contribution in [0.1, 0.15) is 44.6 Å². The smallest absolute Gasteiger partial charge is 0.140 e. The van der Waals surface area contributed by atoms with Crippen LogP contribution in [-0.4, -0.2) is 9.97 Å². The van der Waals surface area contributed by atoms with E-state index in [1.54, 1.807) is 0 Å². The Morgan fingerprint density at radius 3 is 2.60 bits per heavy atom. The van der Waals surface area contributed by atoms with Crippen molar-refractivity contribution in [2.24, 2.45) is 0 Å². The van der Waals surface area contributed by atoms with Gasteiger partial charge in [0.15, 0.2) is 0 Å². The molecule has 1 fully saturated rings. The molecule has 0 amide bonds. The molecule has 82 valence electrons. The zero-order valence-corrected chi connectivity index (χ0v) is 11.3. The van der Waals surface area contributed by atoms with Crippen molar-refractivity contribution in [3.05, 3.63) is 15.1 Å². The van der Waals surface area contributed by atoms with E-state index in [4.69, 9.17) is 5.73 Å². The Hall–Kier alpha value is -0.390. The summed E-state index contributed by atoms with van der Waals surface area (Å²) in [5, 5.41) is 0. The second-order valence-corrected chi connectivity index (χ2v) is 5.58. The van der Waals surface area contributed by atoms with E-state index in [0.29, 0.717) is 5.82 Å². The molecule has 1 saturated carbocycles. The Labute approximate surface area is 104 Å². The molecule has 0 bridgehead atoms. The molecule has 15 heavy (non-hydrogen) atoms. The number of nitrogens with zero attached hydrogens (tertiary/aromatic N) is 2. The summed E-state index contributed by atoms with van der Waals surface area (Å²) in [5.74, 6) is 1.60. The first-order chi connectivity index (χ1) is 7.07. The summed E-state index contributed by atoms with van der Waals surface area (Å²) in [6.45, 7) is 4.37. The van der Waals surface area contributed by atoms with Crippen molar-refractivity contribution >= 4 is 28.4 Å². The molecule has 4 heteroatoms. The van der Waals surface area contributed by atoms with Crippen LogP contribution in [-0.2, 0) is 11.8 Å². The van der Waals surface area contributed by atoms with Gasteiger partial charge in [-0.3, -0.25) is 0 Å². The first-order valence-corrected chi connectivity index (χ1v) is 6.47. The normalized spacial score (nSPS) is 17.8. The van der Waals surface area contributed by atoms with Gasteiger partial charge in [-0.05, 0) is 41.9 Å². The fourth-order valence-corrected chi connectivity index (χ4v) is 2.11. The van der Waals surface area contributed by atoms with Gasteiger partial charge in [-0.25, -0.2) is 9.97 Å². The average molecular weight is 317 g/mol. The van der Waals surface area contributed by atoms with Gasteiger partial charge in [0, 0.05) is 5.41 Å². The van der Waals surface area contributed by atoms with E-state index < -0.39 is 0 Å². The predicted molar refractivity (Wildman–Crippen MR) is 69.7 cm³/mol. The minimum absolute atomic E-state index is 0.209. The zero-order valence-electron chi connectivity index (χ0n) is 9.18. The molecule has 1 heterocycles. The maximum absolute atomic E-state index is 5.92. The summed E-state index contributed by atoms with van der Waals surface area (Å²) in [5.41, 5.74) is 7.25. The molecule has 1 aliphatic carbocycles. The summed E-state index contributed by atoms with van der Waals surface area (Å²) < 4.78 is 1.03. The third kappa shape index (κ3) is 2.09. The predicted octanol–water partition coefficient (Wildman–Crippen LogP) is 2.67. The van der Waals surface area contributed by atoms with Crippen LogP contribution < -0.4 is 5.73 Å². The molecule has 0 radical (unpaired) electrons. The molecule has 0 unspecified atom stereocenters. The number of hydrogen-bond donors (Lipinski definition) is 1. The Balaban J connectivity index is 2.41. The minimum atomic E-state index is 0.209. The molecule has 0 saturated heterocycles. The van der Waals surface area contributed by atoms with Gasteiger partial charge in [0.1, 0.15) is 11.6 Å². The van der Waals surface area contributed by atoms with Crippen molar-refractivity contribution in [2.45, 2.75) is 44.9 Å². The first kappa shape index (κ1) is 11.1. The largest absolute Gasteiger partial charge is 0.383 e. The number of hydrogen-bond acceptors (Lipinski definition) is 3. The molecule has 3 nitrogen and oxygen atoms in total. The molecule has 0 aliphatic heterocycles. The van der Waals surface area contributed by atoms with Crippen LogP contribution in [0.25, 0.3) is 0 Å². The lowest BCUT2D eigenvalue weighted by Crippen LogP contribution is -2.13. The number of halogens is 1. The van der Waals surface area contributed by atoms with Crippen molar-refractivity contribution in [1.82, 2.24) is 9.97 Å². The number of nitrogen functional groups attached to an aromatic ring is 1. The summed E-state index contributed by atoms with van der Waals surface area (Å²) in [7, 11) is 0. The van der Waals surface area contributed by atoms with Gasteiger partial charge in [0.2, 0.25) is 0 Å². The van der Waals surface area contributed by atoms with Crippen LogP contribution in [0.3, 0.4) is 0 Å². The van der Waals surface area contributed by atoms with E-state index in [-0.39, 0.29) is 5.41 Å². The summed E-state index contributed by atoms with van der Waals surface area (Å²) in [6.07, 6.45) is 4.48. The third-order valence-corrected chi connectivity index (χ3v) is 4.15. The van der Waals surface area contributed by atoms with Gasteiger partial charge >= 0.3 is 0 Å². The molecule has 2 rings (SSSR count). The Kier molecular flexibility index (Phi) is 2.87. The van der Waals surface area contributed by atoms with Crippen LogP contribution in [0.5, 0.6) is 0 Å². The second kappa shape index (κ2) is 3.88. The number of aryl methyl sites for hydroxylation is 1. The molecule has 1 aromatic heterocycles. The minimum Gasteiger partial charge on any atom is -0.383 e. The zero-order chi connectivity index (χ0) is 11.1. The highest BCUT2D eigenvalue weighted by atomic mass is 127. The monoisotopic (exact) mass is 317 g/mol. The molecular formula is C11H16IN3. The van der Waals surface area contributed by atoms with E-state index in [0.717, 1.165) is 27.9 Å². The fraction of sp³-hybridized carbons (Fsp3) is 0.636. The number of nitrogens with two attached hydrogens (primary N) is 1. The SMILES string of the molecule is CCCc1nc(C2(C)CC2)nc(N)c1I. The molecule has 1 aliphatic rings. The number of aromatic nitrogens is 2. The third-order valence-electron chi connectivity index (χ3n) is 2.97. The molecular weight excluding hydrogens is 301 g/mol. The van der Waals surface area contributed by atoms with Crippen molar-refractivity contribution < 1.29 is 0 Å². The van der Waals surface area contributed by atoms with E-state index in [1.807, 2.05) is 0 Å². The Morgan fingerprint density at radius 2 is 2.07 bits per heavy atom. The van der Waals surface area contributed by atoms with E-state index in [2.05, 4.69) is 46.4 Å². The number of rotatable bonds is 3. The van der Waals surface area contributed by atoms with Gasteiger partial charge in [-0.1, -0.05) is 20.3 Å². The first-order valence-electron chi connectivity index (χ1n) is 5.39.